The van der Waals surface area contributed by atoms with E-state index >= 15 is 0 Å². The van der Waals surface area contributed by atoms with Gasteiger partial charge in [0.2, 0.25) is 0 Å². The minimum atomic E-state index is -3.72. The van der Waals surface area contributed by atoms with Crippen molar-refractivity contribution in [2.45, 2.75) is 17.1 Å². The summed E-state index contributed by atoms with van der Waals surface area (Å²) in [7, 11) is -3.72. The Balaban J connectivity index is 2.49. The van der Waals surface area contributed by atoms with Crippen molar-refractivity contribution < 1.29 is 8.42 Å². The number of aryl methyl sites for hydroxylation is 1. The quantitative estimate of drug-likeness (QED) is 0.860. The zero-order valence-electron chi connectivity index (χ0n) is 10.3. The van der Waals surface area contributed by atoms with E-state index < -0.39 is 15.1 Å². The van der Waals surface area contributed by atoms with Gasteiger partial charge < -0.3 is 0 Å². The number of benzene rings is 1. The number of nitriles is 1. The fourth-order valence-electron chi connectivity index (χ4n) is 1.72. The molecule has 0 fully saturated rings. The van der Waals surface area contributed by atoms with Crippen molar-refractivity contribution in [3.63, 3.8) is 0 Å². The molecular formula is C14H12N2O2S. The van der Waals surface area contributed by atoms with Crippen LogP contribution in [0.2, 0.25) is 0 Å². The van der Waals surface area contributed by atoms with Crippen LogP contribution in [0, 0.1) is 18.3 Å². The third-order valence-electron chi connectivity index (χ3n) is 2.76. The summed E-state index contributed by atoms with van der Waals surface area (Å²) < 4.78 is 24.8. The van der Waals surface area contributed by atoms with Crippen LogP contribution in [0.1, 0.15) is 16.4 Å². The van der Waals surface area contributed by atoms with Gasteiger partial charge in [-0.15, -0.1) is 0 Å². The summed E-state index contributed by atoms with van der Waals surface area (Å²) in [5, 5.41) is 7.94. The lowest BCUT2D eigenvalue weighted by atomic mass is 10.2. The molecule has 2 rings (SSSR count). The first-order chi connectivity index (χ1) is 9.05. The standard InChI is InChI=1S/C14H12N2O2S/c1-11-4-6-13(7-5-11)19(17,18)14(9-15)12-3-2-8-16-10-12/h2-8,10,14H,1H3. The lowest BCUT2D eigenvalue weighted by Crippen LogP contribution is -2.12. The molecule has 1 aromatic heterocycles. The lowest BCUT2D eigenvalue weighted by molar-refractivity contribution is 0.591. The number of hydrogen-bond acceptors (Lipinski definition) is 4. The van der Waals surface area contributed by atoms with Gasteiger partial charge in [-0.3, -0.25) is 4.98 Å². The van der Waals surface area contributed by atoms with E-state index in [1.807, 2.05) is 13.0 Å². The number of hydrogen-bond donors (Lipinski definition) is 0. The van der Waals surface area contributed by atoms with Crippen molar-refractivity contribution in [3.05, 3.63) is 59.9 Å². The molecule has 0 aliphatic carbocycles. The lowest BCUT2D eigenvalue weighted by Gasteiger charge is -2.10. The van der Waals surface area contributed by atoms with E-state index in [4.69, 9.17) is 0 Å². The zero-order valence-corrected chi connectivity index (χ0v) is 11.1. The van der Waals surface area contributed by atoms with Crippen molar-refractivity contribution in [2.75, 3.05) is 0 Å². The second-order valence-corrected chi connectivity index (χ2v) is 6.19. The van der Waals surface area contributed by atoms with Crippen LogP contribution in [0.5, 0.6) is 0 Å². The average molecular weight is 272 g/mol. The smallest absolute Gasteiger partial charge is 0.198 e. The van der Waals surface area contributed by atoms with E-state index in [2.05, 4.69) is 4.98 Å². The van der Waals surface area contributed by atoms with Gasteiger partial charge >= 0.3 is 0 Å². The number of nitrogens with zero attached hydrogens (tertiary/aromatic N) is 2. The van der Waals surface area contributed by atoms with E-state index in [-0.39, 0.29) is 4.90 Å². The van der Waals surface area contributed by atoms with Gasteiger partial charge in [0.05, 0.1) is 11.0 Å². The van der Waals surface area contributed by atoms with Crippen LogP contribution in [-0.2, 0) is 9.84 Å². The van der Waals surface area contributed by atoms with Gasteiger partial charge in [0.1, 0.15) is 0 Å². The van der Waals surface area contributed by atoms with Gasteiger partial charge in [0.15, 0.2) is 15.1 Å². The zero-order chi connectivity index (χ0) is 13.9. The fourth-order valence-corrected chi connectivity index (χ4v) is 3.14. The Hall–Kier alpha value is -2.19. The fraction of sp³-hybridized carbons (Fsp3) is 0.143. The molecule has 5 heteroatoms. The summed E-state index contributed by atoms with van der Waals surface area (Å²) in [6.45, 7) is 1.87. The Kier molecular flexibility index (Phi) is 3.63. The molecule has 96 valence electrons. The monoisotopic (exact) mass is 272 g/mol. The van der Waals surface area contributed by atoms with Crippen LogP contribution in [0.3, 0.4) is 0 Å². The molecule has 1 heterocycles. The molecular weight excluding hydrogens is 260 g/mol. The summed E-state index contributed by atoms with van der Waals surface area (Å²) >= 11 is 0. The Bertz CT molecular complexity index is 701. The third-order valence-corrected chi connectivity index (χ3v) is 4.69. The van der Waals surface area contributed by atoms with E-state index in [0.717, 1.165) is 5.56 Å². The van der Waals surface area contributed by atoms with Gasteiger partial charge in [-0.1, -0.05) is 23.8 Å². The number of rotatable bonds is 3. The van der Waals surface area contributed by atoms with Gasteiger partial charge in [-0.05, 0) is 25.1 Å². The molecule has 1 unspecified atom stereocenters. The maximum atomic E-state index is 12.4. The molecule has 0 bridgehead atoms. The van der Waals surface area contributed by atoms with E-state index in [1.165, 1.54) is 24.5 Å². The summed E-state index contributed by atoms with van der Waals surface area (Å²) in [4.78, 5) is 4.01. The second-order valence-electron chi connectivity index (χ2n) is 4.15. The van der Waals surface area contributed by atoms with Crippen LogP contribution in [-0.4, -0.2) is 13.4 Å². The highest BCUT2D eigenvalue weighted by molar-refractivity contribution is 7.92. The first kappa shape index (κ1) is 13.2. The Morgan fingerprint density at radius 2 is 1.89 bits per heavy atom. The van der Waals surface area contributed by atoms with Crippen LogP contribution in [0.15, 0.2) is 53.7 Å². The predicted octanol–water partition coefficient (Wildman–Crippen LogP) is 2.43. The molecule has 2 aromatic rings. The summed E-state index contributed by atoms with van der Waals surface area (Å²) in [6, 6.07) is 11.5. The molecule has 0 spiro atoms. The van der Waals surface area contributed by atoms with E-state index in [0.29, 0.717) is 5.56 Å². The summed E-state index contributed by atoms with van der Waals surface area (Å²) in [5.74, 6) is 0. The average Bonchev–Trinajstić information content (AvgIpc) is 2.41. The molecule has 0 amide bonds. The van der Waals surface area contributed by atoms with Crippen molar-refractivity contribution >= 4 is 9.84 Å². The number of pyridine rings is 1. The van der Waals surface area contributed by atoms with Gasteiger partial charge in [-0.2, -0.15) is 5.26 Å². The van der Waals surface area contributed by atoms with Crippen molar-refractivity contribution in [1.82, 2.24) is 4.98 Å². The van der Waals surface area contributed by atoms with Crippen molar-refractivity contribution in [1.29, 1.82) is 5.26 Å². The third kappa shape index (κ3) is 2.64. The molecule has 1 atom stereocenters. The first-order valence-electron chi connectivity index (χ1n) is 5.66. The number of sulfone groups is 1. The number of aromatic nitrogens is 1. The molecule has 0 aliphatic rings. The molecule has 0 radical (unpaired) electrons. The Labute approximate surface area is 112 Å². The molecule has 19 heavy (non-hydrogen) atoms. The predicted molar refractivity (Wildman–Crippen MR) is 71.0 cm³/mol. The first-order valence-corrected chi connectivity index (χ1v) is 7.20. The molecule has 0 aliphatic heterocycles. The minimum absolute atomic E-state index is 0.147. The normalized spacial score (nSPS) is 12.6. The maximum Gasteiger partial charge on any atom is 0.198 e. The van der Waals surface area contributed by atoms with Gasteiger partial charge in [0.25, 0.3) is 0 Å². The van der Waals surface area contributed by atoms with Gasteiger partial charge in [0, 0.05) is 18.0 Å². The highest BCUT2D eigenvalue weighted by atomic mass is 32.2. The Morgan fingerprint density at radius 3 is 2.42 bits per heavy atom. The highest BCUT2D eigenvalue weighted by Crippen LogP contribution is 2.27. The highest BCUT2D eigenvalue weighted by Gasteiger charge is 2.29. The van der Waals surface area contributed by atoms with E-state index in [1.54, 1.807) is 24.3 Å². The SMILES string of the molecule is Cc1ccc(S(=O)(=O)C(C#N)c2cccnc2)cc1. The topological polar surface area (TPSA) is 70.8 Å². The summed E-state index contributed by atoms with van der Waals surface area (Å²) in [5.41, 5.74) is 1.35. The maximum absolute atomic E-state index is 12.4. The van der Waals surface area contributed by atoms with Crippen LogP contribution in [0.25, 0.3) is 0 Å². The van der Waals surface area contributed by atoms with Crippen LogP contribution in [0.4, 0.5) is 0 Å². The van der Waals surface area contributed by atoms with Gasteiger partial charge in [-0.25, -0.2) is 8.42 Å². The van der Waals surface area contributed by atoms with Crippen LogP contribution < -0.4 is 0 Å². The van der Waals surface area contributed by atoms with Crippen molar-refractivity contribution in [2.24, 2.45) is 0 Å². The molecule has 4 nitrogen and oxygen atoms in total. The molecule has 0 saturated carbocycles. The molecule has 0 saturated heterocycles. The summed E-state index contributed by atoms with van der Waals surface area (Å²) in [6.07, 6.45) is 2.94. The van der Waals surface area contributed by atoms with Crippen LogP contribution >= 0.6 is 0 Å². The van der Waals surface area contributed by atoms with E-state index in [9.17, 15) is 13.7 Å². The second kappa shape index (κ2) is 5.21. The Morgan fingerprint density at radius 1 is 1.21 bits per heavy atom. The minimum Gasteiger partial charge on any atom is -0.264 e. The van der Waals surface area contributed by atoms with Crippen molar-refractivity contribution in [3.8, 4) is 6.07 Å². The molecule has 1 aromatic carbocycles. The largest absolute Gasteiger partial charge is 0.264 e. The molecule has 0 N–H and O–H groups in total.